The van der Waals surface area contributed by atoms with Gasteiger partial charge >= 0.3 is 5.97 Å². The minimum Gasteiger partial charge on any atom is -0.453 e. The highest BCUT2D eigenvalue weighted by molar-refractivity contribution is 5.87. The number of aliphatic hydroxyl groups excluding tert-OH is 17. The number of esters is 1. The van der Waals surface area contributed by atoms with Crippen LogP contribution in [0.15, 0.2) is 23.3 Å². The van der Waals surface area contributed by atoms with Crippen LogP contribution in [0.5, 0.6) is 0 Å². The summed E-state index contributed by atoms with van der Waals surface area (Å²) in [5.74, 6) is -1.11. The van der Waals surface area contributed by atoms with E-state index < -0.39 is 232 Å². The van der Waals surface area contributed by atoms with Crippen LogP contribution in [0.1, 0.15) is 121 Å². The average molecular weight is 1350 g/mol. The highest BCUT2D eigenvalue weighted by Gasteiger charge is 2.71. The lowest BCUT2D eigenvalue weighted by Crippen LogP contribution is -2.69. The van der Waals surface area contributed by atoms with Crippen molar-refractivity contribution in [1.29, 1.82) is 0 Å². The molecule has 0 radical (unpaired) electrons. The van der Waals surface area contributed by atoms with Gasteiger partial charge in [-0.1, -0.05) is 66.2 Å². The number of hydrogen-bond donors (Lipinski definition) is 17. The minimum atomic E-state index is -1.92. The first-order valence-electron chi connectivity index (χ1n) is 33.4. The smallest absolute Gasteiger partial charge is 0.333 e. The lowest BCUT2D eigenvalue weighted by molar-refractivity contribution is -0.374. The van der Waals surface area contributed by atoms with Gasteiger partial charge < -0.3 is 139 Å². The Balaban J connectivity index is 0.900. The molecule has 0 aromatic rings. The van der Waals surface area contributed by atoms with Gasteiger partial charge in [-0.3, -0.25) is 0 Å². The van der Waals surface area contributed by atoms with Gasteiger partial charge in [-0.05, 0) is 117 Å². The molecule has 94 heavy (non-hydrogen) atoms. The van der Waals surface area contributed by atoms with Crippen LogP contribution < -0.4 is 0 Å². The third-order valence-electron chi connectivity index (χ3n) is 24.8. The van der Waals surface area contributed by atoms with Gasteiger partial charge in [-0.15, -0.1) is 0 Å². The lowest BCUT2D eigenvalue weighted by atomic mass is 9.33. The van der Waals surface area contributed by atoms with Gasteiger partial charge in [0.2, 0.25) is 0 Å². The number of carbonyl (C=O) groups excluding carboxylic acids is 1. The van der Waals surface area contributed by atoms with E-state index in [1.807, 2.05) is 13.8 Å². The summed E-state index contributed by atoms with van der Waals surface area (Å²) in [6, 6.07) is 0. The number of fused-ring (bicyclic) bond motifs is 7. The van der Waals surface area contributed by atoms with Crippen molar-refractivity contribution in [1.82, 2.24) is 0 Å². The molecule has 5 aliphatic heterocycles. The standard InChI is InChI=1S/C65H106O29/c1-11-26(2)54(83)93-50-41(72)33(24-85-56-47(78)44(75)39(70)31(22-67)89-56)90-58(49(50)80)92-36-15-16-62(8)34(61(36,6)7)14-17-64(10)35(62)13-12-28-29-20-60(4,5)52(81)53(82)65(29,19-18-63(28,64)9)25-86-59-51(94-57-48(79)42(73)37(68)27(3)87-57)45(76)40(71)32(91-59)23-84-55-46(77)43(74)38(69)30(21-66)88-55/h11-12,27,29-53,55-59,66-82H,13-25H2,1-10H3/b26-11-/t27?,29?,30?,31?,32?,33?,34?,35?,36-,37-,38+,39+,40+,41+,42?,43?,44?,45?,46-,47-,48-,49-,50?,51-,52-,53-,55+,56+,57-,58-,59+,62-,63+,64+,65-/m0/s1. The quantitative estimate of drug-likeness (QED) is 0.0294. The molecular formula is C65H106O29. The van der Waals surface area contributed by atoms with Crippen LogP contribution in [0, 0.1) is 50.2 Å². The summed E-state index contributed by atoms with van der Waals surface area (Å²) in [5.41, 5.74) is -2.50. The van der Waals surface area contributed by atoms with Crippen molar-refractivity contribution in [3.63, 3.8) is 0 Å². The summed E-state index contributed by atoms with van der Waals surface area (Å²) in [4.78, 5) is 13.3. The molecule has 0 bridgehead atoms. The Morgan fingerprint density at radius 1 is 0.543 bits per heavy atom. The zero-order valence-corrected chi connectivity index (χ0v) is 55.2. The summed E-state index contributed by atoms with van der Waals surface area (Å²) in [7, 11) is 0. The van der Waals surface area contributed by atoms with E-state index in [1.165, 1.54) is 19.9 Å². The molecule has 0 aromatic carbocycles. The van der Waals surface area contributed by atoms with E-state index in [-0.39, 0.29) is 34.8 Å². The molecular weight excluding hydrogens is 1240 g/mol. The molecule has 5 heterocycles. The van der Waals surface area contributed by atoms with Crippen molar-refractivity contribution in [2.75, 3.05) is 33.0 Å². The lowest BCUT2D eigenvalue weighted by Gasteiger charge is -2.72. The van der Waals surface area contributed by atoms with Gasteiger partial charge in [0.15, 0.2) is 37.6 Å². The second kappa shape index (κ2) is 28.0. The molecule has 5 saturated heterocycles. The Morgan fingerprint density at radius 3 is 1.66 bits per heavy atom. The molecule has 10 aliphatic rings. The van der Waals surface area contributed by atoms with Crippen molar-refractivity contribution >= 4 is 5.97 Å². The van der Waals surface area contributed by atoms with Gasteiger partial charge in [-0.25, -0.2) is 4.79 Å². The van der Waals surface area contributed by atoms with E-state index in [0.29, 0.717) is 38.5 Å². The Kier molecular flexibility index (Phi) is 22.2. The predicted octanol–water partition coefficient (Wildman–Crippen LogP) is -3.25. The zero-order valence-electron chi connectivity index (χ0n) is 55.2. The first kappa shape index (κ1) is 74.6. The highest BCUT2D eigenvalue weighted by atomic mass is 16.8. The normalized spacial score (nSPS) is 52.7. The Labute approximate surface area is 547 Å². The van der Waals surface area contributed by atoms with E-state index in [2.05, 4.69) is 40.7 Å². The van der Waals surface area contributed by atoms with Crippen molar-refractivity contribution in [2.45, 2.75) is 292 Å². The molecule has 0 amide bonds. The summed E-state index contributed by atoms with van der Waals surface area (Å²) >= 11 is 0. The fraction of sp³-hybridized carbons (Fsp3) is 0.923. The maximum atomic E-state index is 13.3. The van der Waals surface area contributed by atoms with Gasteiger partial charge in [0.1, 0.15) is 110 Å². The van der Waals surface area contributed by atoms with Crippen LogP contribution in [0.3, 0.4) is 0 Å². The molecule has 29 heteroatoms. The molecule has 0 spiro atoms. The second-order valence-electron chi connectivity index (χ2n) is 30.7. The number of allylic oxidation sites excluding steroid dienone is 3. The molecule has 4 saturated carbocycles. The Morgan fingerprint density at radius 2 is 1.07 bits per heavy atom. The summed E-state index contributed by atoms with van der Waals surface area (Å²) in [6.45, 7) is 16.7. The fourth-order valence-electron chi connectivity index (χ4n) is 18.4. The maximum absolute atomic E-state index is 13.3. The van der Waals surface area contributed by atoms with Gasteiger partial charge in [0.25, 0.3) is 0 Å². The van der Waals surface area contributed by atoms with Crippen molar-refractivity contribution in [2.24, 2.45) is 50.2 Å². The number of carbonyl (C=O) groups is 1. The first-order valence-corrected chi connectivity index (χ1v) is 33.4. The topological polar surface area (TPSA) is 463 Å². The molecule has 10 rings (SSSR count). The van der Waals surface area contributed by atoms with Crippen LogP contribution in [-0.2, 0) is 56.9 Å². The minimum absolute atomic E-state index is 0.0299. The van der Waals surface area contributed by atoms with Crippen LogP contribution in [0.2, 0.25) is 0 Å². The third kappa shape index (κ3) is 12.8. The van der Waals surface area contributed by atoms with Crippen LogP contribution in [-0.4, -0.2) is 298 Å². The highest BCUT2D eigenvalue weighted by Crippen LogP contribution is 2.76. The van der Waals surface area contributed by atoms with Crippen molar-refractivity contribution in [3.8, 4) is 0 Å². The first-order chi connectivity index (χ1) is 44.0. The molecule has 540 valence electrons. The number of hydrogen-bond acceptors (Lipinski definition) is 29. The summed E-state index contributed by atoms with van der Waals surface area (Å²) in [5, 5.41) is 187. The number of ether oxygens (including phenoxy) is 11. The Bertz CT molecular complexity index is 2660. The van der Waals surface area contributed by atoms with Crippen molar-refractivity contribution in [3.05, 3.63) is 23.3 Å². The van der Waals surface area contributed by atoms with Gasteiger partial charge in [0, 0.05) is 11.0 Å². The number of aliphatic hydroxyl groups is 17. The van der Waals surface area contributed by atoms with Crippen LogP contribution >= 0.6 is 0 Å². The molecule has 9 fully saturated rings. The van der Waals surface area contributed by atoms with Gasteiger partial charge in [0.05, 0.1) is 57.5 Å². The average Bonchev–Trinajstić information content (AvgIpc) is 0.675. The van der Waals surface area contributed by atoms with Gasteiger partial charge in [-0.2, -0.15) is 0 Å². The van der Waals surface area contributed by atoms with E-state index >= 15 is 0 Å². The molecule has 29 nitrogen and oxygen atoms in total. The summed E-state index contributed by atoms with van der Waals surface area (Å²) < 4.78 is 66.6. The van der Waals surface area contributed by atoms with E-state index in [1.54, 1.807) is 6.92 Å². The molecule has 5 aliphatic carbocycles. The molecule has 0 aromatic heterocycles. The van der Waals surface area contributed by atoms with E-state index in [0.717, 1.165) is 18.4 Å². The predicted molar refractivity (Wildman–Crippen MR) is 320 cm³/mol. The van der Waals surface area contributed by atoms with E-state index in [9.17, 15) is 91.6 Å². The SMILES string of the molecule is C/C=C(/C)C(=O)OC1[C@H](O)C(CO[C@@H]2OC(CO)[C@@H](O)C(O)[C@@H]2O)O[C@@H](O[C@H]2CC[C@@]3(C)C(CC[C@]4(C)C3CC=C3C5CC(C)(C)[C@@H](O)[C@H](O)[C@]5(CO[C@@H]5OC(CO[C@@H]6OC(CO)[C@@H](O)C(O)[C@@H]6O)[C@@H](O)C(O)[C@@H]5O[C@@H]5OC(C)[C@H](O)C(O)[C@@H]5O)CC[C@]34C)C2(C)C)[C@H]1O. The summed E-state index contributed by atoms with van der Waals surface area (Å²) in [6.07, 6.45) is -35.6. The monoisotopic (exact) mass is 1350 g/mol. The second-order valence-corrected chi connectivity index (χ2v) is 30.7. The molecule has 13 unspecified atom stereocenters. The fourth-order valence-corrected chi connectivity index (χ4v) is 18.4. The molecule has 35 atom stereocenters. The van der Waals surface area contributed by atoms with Crippen molar-refractivity contribution < 1.29 is 144 Å². The van der Waals surface area contributed by atoms with Crippen LogP contribution in [0.25, 0.3) is 0 Å². The number of rotatable bonds is 17. The zero-order chi connectivity index (χ0) is 69.0. The maximum Gasteiger partial charge on any atom is 0.333 e. The molecule has 17 N–H and O–H groups in total. The largest absolute Gasteiger partial charge is 0.453 e. The van der Waals surface area contributed by atoms with E-state index in [4.69, 9.17) is 52.1 Å². The third-order valence-corrected chi connectivity index (χ3v) is 24.8. The Hall–Kier alpha value is -2.13. The van der Waals surface area contributed by atoms with Crippen LogP contribution in [0.4, 0.5) is 0 Å².